The smallest absolute Gasteiger partial charge is 0.146 e. The van der Waals surface area contributed by atoms with Crippen molar-refractivity contribution in [3.63, 3.8) is 0 Å². The first kappa shape index (κ1) is 9.59. The summed E-state index contributed by atoms with van der Waals surface area (Å²) >= 11 is 0. The second-order valence-electron chi connectivity index (χ2n) is 4.27. The van der Waals surface area contributed by atoms with E-state index in [1.807, 2.05) is 7.05 Å². The molecule has 1 atom stereocenters. The molecule has 1 unspecified atom stereocenters. The van der Waals surface area contributed by atoms with Crippen molar-refractivity contribution < 1.29 is 4.39 Å². The van der Waals surface area contributed by atoms with Gasteiger partial charge in [0.15, 0.2) is 0 Å². The summed E-state index contributed by atoms with van der Waals surface area (Å²) in [5, 5.41) is 3.19. The highest BCUT2D eigenvalue weighted by atomic mass is 19.1. The average molecular weight is 194 g/mol. The van der Waals surface area contributed by atoms with E-state index < -0.39 is 0 Å². The zero-order valence-corrected chi connectivity index (χ0v) is 8.55. The third-order valence-corrected chi connectivity index (χ3v) is 3.14. The Hall–Kier alpha value is -0.960. The summed E-state index contributed by atoms with van der Waals surface area (Å²) in [4.78, 5) is 3.76. The van der Waals surface area contributed by atoms with Gasteiger partial charge < -0.3 is 5.32 Å². The van der Waals surface area contributed by atoms with Crippen LogP contribution in [0, 0.1) is 11.2 Å². The Bertz CT molecular complexity index is 334. The van der Waals surface area contributed by atoms with Crippen molar-refractivity contribution in [2.24, 2.45) is 5.41 Å². The van der Waals surface area contributed by atoms with Crippen LogP contribution in [0.4, 0.5) is 4.39 Å². The number of halogens is 1. The van der Waals surface area contributed by atoms with E-state index in [1.165, 1.54) is 19.0 Å². The molecule has 1 aliphatic rings. The standard InChI is InChI=1S/C11H15FN2/c1-11(4-5-11)10(13-2)8-3-6-14-7-9(8)12/h3,6-7,10,13H,4-5H2,1-2H3. The lowest BCUT2D eigenvalue weighted by molar-refractivity contribution is 0.376. The van der Waals surface area contributed by atoms with Gasteiger partial charge in [0.05, 0.1) is 6.20 Å². The van der Waals surface area contributed by atoms with E-state index in [9.17, 15) is 4.39 Å². The molecule has 1 N–H and O–H groups in total. The average Bonchev–Trinajstić information content (AvgIpc) is 2.89. The van der Waals surface area contributed by atoms with Gasteiger partial charge in [0.2, 0.25) is 0 Å². The topological polar surface area (TPSA) is 24.9 Å². The molecule has 2 nitrogen and oxygen atoms in total. The highest BCUT2D eigenvalue weighted by molar-refractivity contribution is 5.22. The molecule has 76 valence electrons. The van der Waals surface area contributed by atoms with Crippen molar-refractivity contribution in [3.8, 4) is 0 Å². The molecule has 14 heavy (non-hydrogen) atoms. The molecule has 1 heterocycles. The van der Waals surface area contributed by atoms with Crippen LogP contribution in [0.1, 0.15) is 31.4 Å². The van der Waals surface area contributed by atoms with Crippen molar-refractivity contribution in [1.29, 1.82) is 0 Å². The van der Waals surface area contributed by atoms with Crippen molar-refractivity contribution in [2.45, 2.75) is 25.8 Å². The molecular weight excluding hydrogens is 179 g/mol. The monoisotopic (exact) mass is 194 g/mol. The first-order chi connectivity index (χ1) is 6.67. The minimum Gasteiger partial charge on any atom is -0.312 e. The third kappa shape index (κ3) is 1.52. The molecule has 1 aromatic heterocycles. The number of nitrogens with one attached hydrogen (secondary N) is 1. The lowest BCUT2D eigenvalue weighted by Gasteiger charge is -2.23. The quantitative estimate of drug-likeness (QED) is 0.798. The summed E-state index contributed by atoms with van der Waals surface area (Å²) in [6.07, 6.45) is 5.26. The summed E-state index contributed by atoms with van der Waals surface area (Å²) in [5.41, 5.74) is 0.972. The van der Waals surface area contributed by atoms with Gasteiger partial charge in [-0.1, -0.05) is 6.92 Å². The number of pyridine rings is 1. The lowest BCUT2D eigenvalue weighted by atomic mass is 9.92. The zero-order chi connectivity index (χ0) is 10.2. The summed E-state index contributed by atoms with van der Waals surface area (Å²) in [5.74, 6) is -0.208. The van der Waals surface area contributed by atoms with E-state index in [0.717, 1.165) is 5.56 Å². The molecule has 0 radical (unpaired) electrons. The van der Waals surface area contributed by atoms with E-state index >= 15 is 0 Å². The highest BCUT2D eigenvalue weighted by Crippen LogP contribution is 2.54. The van der Waals surface area contributed by atoms with Crippen LogP contribution in [0.3, 0.4) is 0 Å². The molecule has 0 aliphatic heterocycles. The molecular formula is C11H15FN2. The lowest BCUT2D eigenvalue weighted by Crippen LogP contribution is -2.25. The number of rotatable bonds is 3. The summed E-state index contributed by atoms with van der Waals surface area (Å²) in [7, 11) is 1.88. The fourth-order valence-corrected chi connectivity index (χ4v) is 1.99. The first-order valence-electron chi connectivity index (χ1n) is 4.94. The van der Waals surface area contributed by atoms with Gasteiger partial charge in [-0.25, -0.2) is 4.39 Å². The van der Waals surface area contributed by atoms with Crippen molar-refractivity contribution in [1.82, 2.24) is 10.3 Å². The fourth-order valence-electron chi connectivity index (χ4n) is 1.99. The van der Waals surface area contributed by atoms with Crippen LogP contribution in [0.2, 0.25) is 0 Å². The minimum atomic E-state index is -0.208. The maximum atomic E-state index is 13.5. The maximum absolute atomic E-state index is 13.5. The zero-order valence-electron chi connectivity index (χ0n) is 8.55. The second kappa shape index (κ2) is 3.31. The molecule has 0 spiro atoms. The van der Waals surface area contributed by atoms with Crippen molar-refractivity contribution in [2.75, 3.05) is 7.05 Å². The predicted octanol–water partition coefficient (Wildman–Crippen LogP) is 2.28. The van der Waals surface area contributed by atoms with Crippen molar-refractivity contribution >= 4 is 0 Å². The highest BCUT2D eigenvalue weighted by Gasteiger charge is 2.45. The molecule has 0 amide bonds. The molecule has 2 rings (SSSR count). The second-order valence-corrected chi connectivity index (χ2v) is 4.27. The Morgan fingerprint density at radius 3 is 2.79 bits per heavy atom. The van der Waals surface area contributed by atoms with Gasteiger partial charge in [-0.2, -0.15) is 0 Å². The normalized spacial score (nSPS) is 20.5. The molecule has 0 saturated heterocycles. The Morgan fingerprint density at radius 1 is 1.57 bits per heavy atom. The number of hydrogen-bond donors (Lipinski definition) is 1. The van der Waals surface area contributed by atoms with Gasteiger partial charge in [-0.15, -0.1) is 0 Å². The van der Waals surface area contributed by atoms with Crippen molar-refractivity contribution in [3.05, 3.63) is 29.8 Å². The summed E-state index contributed by atoms with van der Waals surface area (Å²) in [6.45, 7) is 2.19. The van der Waals surface area contributed by atoms with E-state index in [0.29, 0.717) is 0 Å². The van der Waals surface area contributed by atoms with Crippen LogP contribution in [0.15, 0.2) is 18.5 Å². The van der Waals surface area contributed by atoms with Gasteiger partial charge in [-0.3, -0.25) is 4.98 Å². The number of nitrogens with zero attached hydrogens (tertiary/aromatic N) is 1. The number of aromatic nitrogens is 1. The van der Waals surface area contributed by atoms with E-state index in [2.05, 4.69) is 17.2 Å². The summed E-state index contributed by atoms with van der Waals surface area (Å²) < 4.78 is 13.5. The Morgan fingerprint density at radius 2 is 2.29 bits per heavy atom. The predicted molar refractivity (Wildman–Crippen MR) is 53.3 cm³/mol. The van der Waals surface area contributed by atoms with E-state index in [1.54, 1.807) is 12.3 Å². The summed E-state index contributed by atoms with van der Waals surface area (Å²) in [6, 6.07) is 1.88. The Labute approximate surface area is 83.6 Å². The largest absolute Gasteiger partial charge is 0.312 e. The van der Waals surface area contributed by atoms with Gasteiger partial charge in [0.25, 0.3) is 0 Å². The molecule has 1 saturated carbocycles. The fraction of sp³-hybridized carbons (Fsp3) is 0.545. The molecule has 0 bridgehead atoms. The Kier molecular flexibility index (Phi) is 2.27. The minimum absolute atomic E-state index is 0.116. The molecule has 1 aromatic rings. The van der Waals surface area contributed by atoms with Crippen LogP contribution < -0.4 is 5.32 Å². The molecule has 1 fully saturated rings. The SMILES string of the molecule is CNC(c1ccncc1F)C1(C)CC1. The van der Waals surface area contributed by atoms with Crippen LogP contribution in [-0.2, 0) is 0 Å². The van der Waals surface area contributed by atoms with Crippen LogP contribution in [0.5, 0.6) is 0 Å². The van der Waals surface area contributed by atoms with E-state index in [4.69, 9.17) is 0 Å². The van der Waals surface area contributed by atoms with E-state index in [-0.39, 0.29) is 17.3 Å². The molecule has 3 heteroatoms. The third-order valence-electron chi connectivity index (χ3n) is 3.14. The van der Waals surface area contributed by atoms with Gasteiger partial charge in [0, 0.05) is 17.8 Å². The van der Waals surface area contributed by atoms with Gasteiger partial charge >= 0.3 is 0 Å². The van der Waals surface area contributed by atoms with Gasteiger partial charge in [-0.05, 0) is 31.4 Å². The molecule has 1 aliphatic carbocycles. The maximum Gasteiger partial charge on any atom is 0.146 e. The molecule has 0 aromatic carbocycles. The van der Waals surface area contributed by atoms with Crippen LogP contribution in [-0.4, -0.2) is 12.0 Å². The van der Waals surface area contributed by atoms with Gasteiger partial charge in [0.1, 0.15) is 5.82 Å². The first-order valence-corrected chi connectivity index (χ1v) is 4.94. The van der Waals surface area contributed by atoms with Crippen LogP contribution in [0.25, 0.3) is 0 Å². The van der Waals surface area contributed by atoms with Crippen LogP contribution >= 0.6 is 0 Å². The Balaban J connectivity index is 2.32. The number of hydrogen-bond acceptors (Lipinski definition) is 2.